The number of ether oxygens (including phenoxy) is 1. The van der Waals surface area contributed by atoms with E-state index in [-0.39, 0.29) is 6.04 Å². The molecule has 1 unspecified atom stereocenters. The average molecular weight is 261 g/mol. The number of aryl methyl sites for hydroxylation is 1. The molecule has 0 bridgehead atoms. The summed E-state index contributed by atoms with van der Waals surface area (Å²) in [6.45, 7) is 7.00. The lowest BCUT2D eigenvalue weighted by Gasteiger charge is -2.13. The number of nitrogens with zero attached hydrogens (tertiary/aromatic N) is 2. The van der Waals surface area contributed by atoms with Crippen molar-refractivity contribution in [3.8, 4) is 5.75 Å². The molecule has 19 heavy (non-hydrogen) atoms. The van der Waals surface area contributed by atoms with Gasteiger partial charge >= 0.3 is 0 Å². The normalized spacial score (nSPS) is 13.2. The Morgan fingerprint density at radius 2 is 2.11 bits per heavy atom. The molecule has 4 heteroatoms. The molecule has 0 radical (unpaired) electrons. The third-order valence-electron chi connectivity index (χ3n) is 3.25. The van der Waals surface area contributed by atoms with Crippen molar-refractivity contribution in [2.24, 2.45) is 18.7 Å². The lowest BCUT2D eigenvalue weighted by Crippen LogP contribution is -2.17. The van der Waals surface area contributed by atoms with Crippen molar-refractivity contribution < 1.29 is 4.74 Å². The number of imidazole rings is 1. The van der Waals surface area contributed by atoms with Gasteiger partial charge in [-0.25, -0.2) is 4.98 Å². The average Bonchev–Trinajstić information content (AvgIpc) is 2.66. The zero-order valence-electron chi connectivity index (χ0n) is 12.2. The highest BCUT2D eigenvalue weighted by Crippen LogP contribution is 2.25. The molecule has 0 aliphatic carbocycles. The highest BCUT2D eigenvalue weighted by atomic mass is 16.5. The summed E-state index contributed by atoms with van der Waals surface area (Å²) in [4.78, 5) is 4.67. The topological polar surface area (TPSA) is 53.1 Å². The van der Waals surface area contributed by atoms with Gasteiger partial charge in [0.25, 0.3) is 0 Å². The minimum atomic E-state index is -0.0204. The van der Waals surface area contributed by atoms with E-state index in [1.165, 1.54) is 0 Å². The zero-order valence-corrected chi connectivity index (χ0v) is 12.2. The molecule has 0 saturated carbocycles. The van der Waals surface area contributed by atoms with Crippen LogP contribution >= 0.6 is 0 Å². The second kappa shape index (κ2) is 5.61. The van der Waals surface area contributed by atoms with Crippen LogP contribution in [0.5, 0.6) is 5.75 Å². The molecule has 0 spiro atoms. The van der Waals surface area contributed by atoms with Crippen LogP contribution in [-0.4, -0.2) is 16.2 Å². The summed E-state index contributed by atoms with van der Waals surface area (Å²) in [6, 6.07) is 5.97. The van der Waals surface area contributed by atoms with Crippen molar-refractivity contribution in [1.82, 2.24) is 9.55 Å². The number of hydrogen-bond acceptors (Lipinski definition) is 3. The number of hydrogen-bond donors (Lipinski definition) is 1. The van der Waals surface area contributed by atoms with E-state index in [1.54, 1.807) is 0 Å². The summed E-state index contributed by atoms with van der Waals surface area (Å²) in [5, 5.41) is 0. The fraction of sp³-hybridized carbons (Fsp3) is 0.533. The molecule has 1 aromatic carbocycles. The van der Waals surface area contributed by atoms with Crippen molar-refractivity contribution >= 4 is 11.0 Å². The van der Waals surface area contributed by atoms with Crippen LogP contribution in [0.15, 0.2) is 18.2 Å². The monoisotopic (exact) mass is 261 g/mol. The third-order valence-corrected chi connectivity index (χ3v) is 3.25. The Kier molecular flexibility index (Phi) is 4.10. The third kappa shape index (κ3) is 2.89. The number of aromatic nitrogens is 2. The van der Waals surface area contributed by atoms with Gasteiger partial charge in [-0.15, -0.1) is 0 Å². The summed E-state index contributed by atoms with van der Waals surface area (Å²) < 4.78 is 7.59. The quantitative estimate of drug-likeness (QED) is 0.900. The molecule has 2 N–H and O–H groups in total. The van der Waals surface area contributed by atoms with Crippen molar-refractivity contribution in [2.45, 2.75) is 33.2 Å². The summed E-state index contributed by atoms with van der Waals surface area (Å²) >= 11 is 0. The Morgan fingerprint density at radius 1 is 1.37 bits per heavy atom. The first-order valence-corrected chi connectivity index (χ1v) is 6.87. The molecular weight excluding hydrogens is 238 g/mol. The molecule has 0 saturated heterocycles. The predicted octanol–water partition coefficient (Wildman–Crippen LogP) is 3.02. The van der Waals surface area contributed by atoms with Crippen LogP contribution in [0.1, 0.15) is 39.1 Å². The van der Waals surface area contributed by atoms with Crippen LogP contribution in [-0.2, 0) is 7.05 Å². The van der Waals surface area contributed by atoms with Crippen LogP contribution in [0.3, 0.4) is 0 Å². The van der Waals surface area contributed by atoms with Gasteiger partial charge in [0.05, 0.1) is 23.7 Å². The largest absolute Gasteiger partial charge is 0.494 e. The van der Waals surface area contributed by atoms with E-state index in [0.29, 0.717) is 12.5 Å². The minimum Gasteiger partial charge on any atom is -0.494 e. The van der Waals surface area contributed by atoms with Crippen molar-refractivity contribution in [3.63, 3.8) is 0 Å². The number of benzene rings is 1. The van der Waals surface area contributed by atoms with Gasteiger partial charge in [0.1, 0.15) is 11.6 Å². The van der Waals surface area contributed by atoms with Gasteiger partial charge in [0.2, 0.25) is 0 Å². The number of rotatable bonds is 5. The van der Waals surface area contributed by atoms with E-state index in [9.17, 15) is 0 Å². The standard InChI is InChI=1S/C15H23N3O/c1-5-19-11-6-7-14-13(9-11)17-15(18(14)4)12(16)8-10(2)3/h6-7,9-10,12H,5,8,16H2,1-4H3. The van der Waals surface area contributed by atoms with Crippen LogP contribution in [0, 0.1) is 5.92 Å². The Balaban J connectivity index is 2.38. The highest BCUT2D eigenvalue weighted by molar-refractivity contribution is 5.77. The lowest BCUT2D eigenvalue weighted by atomic mass is 10.0. The number of fused-ring (bicyclic) bond motifs is 1. The van der Waals surface area contributed by atoms with Crippen LogP contribution < -0.4 is 10.5 Å². The molecule has 0 aliphatic rings. The summed E-state index contributed by atoms with van der Waals surface area (Å²) in [5.74, 6) is 2.36. The fourth-order valence-electron chi connectivity index (χ4n) is 2.40. The van der Waals surface area contributed by atoms with Gasteiger partial charge in [-0.05, 0) is 31.4 Å². The van der Waals surface area contributed by atoms with E-state index in [1.807, 2.05) is 32.2 Å². The smallest absolute Gasteiger partial charge is 0.126 e. The van der Waals surface area contributed by atoms with E-state index in [2.05, 4.69) is 23.4 Å². The van der Waals surface area contributed by atoms with E-state index < -0.39 is 0 Å². The molecule has 1 atom stereocenters. The van der Waals surface area contributed by atoms with Crippen LogP contribution in [0.2, 0.25) is 0 Å². The molecule has 0 fully saturated rings. The second-order valence-corrected chi connectivity index (χ2v) is 5.35. The fourth-order valence-corrected chi connectivity index (χ4v) is 2.40. The summed E-state index contributed by atoms with van der Waals surface area (Å²) in [7, 11) is 2.02. The maximum absolute atomic E-state index is 6.24. The van der Waals surface area contributed by atoms with Crippen molar-refractivity contribution in [2.75, 3.05) is 6.61 Å². The Bertz CT molecular complexity index is 560. The molecular formula is C15H23N3O. The van der Waals surface area contributed by atoms with E-state index in [4.69, 9.17) is 10.5 Å². The molecule has 104 valence electrons. The lowest BCUT2D eigenvalue weighted by molar-refractivity contribution is 0.340. The first-order valence-electron chi connectivity index (χ1n) is 6.87. The SMILES string of the molecule is CCOc1ccc2c(c1)nc(C(N)CC(C)C)n2C. The maximum atomic E-state index is 6.24. The van der Waals surface area contributed by atoms with Gasteiger partial charge in [-0.1, -0.05) is 13.8 Å². The molecule has 1 aromatic heterocycles. The number of nitrogens with two attached hydrogens (primary N) is 1. The summed E-state index contributed by atoms with van der Waals surface area (Å²) in [6.07, 6.45) is 0.940. The molecule has 0 amide bonds. The Morgan fingerprint density at radius 3 is 2.74 bits per heavy atom. The van der Waals surface area contributed by atoms with Crippen molar-refractivity contribution in [1.29, 1.82) is 0 Å². The molecule has 2 aromatic rings. The van der Waals surface area contributed by atoms with E-state index >= 15 is 0 Å². The molecule has 4 nitrogen and oxygen atoms in total. The van der Waals surface area contributed by atoms with Gasteiger partial charge in [0.15, 0.2) is 0 Å². The van der Waals surface area contributed by atoms with Crippen LogP contribution in [0.4, 0.5) is 0 Å². The minimum absolute atomic E-state index is 0.0204. The molecule has 2 rings (SSSR count). The first kappa shape index (κ1) is 13.9. The van der Waals surface area contributed by atoms with Crippen LogP contribution in [0.25, 0.3) is 11.0 Å². The zero-order chi connectivity index (χ0) is 14.0. The van der Waals surface area contributed by atoms with Gasteiger partial charge < -0.3 is 15.0 Å². The predicted molar refractivity (Wildman–Crippen MR) is 78.3 cm³/mol. The van der Waals surface area contributed by atoms with Crippen molar-refractivity contribution in [3.05, 3.63) is 24.0 Å². The van der Waals surface area contributed by atoms with E-state index in [0.717, 1.165) is 29.0 Å². The highest BCUT2D eigenvalue weighted by Gasteiger charge is 2.16. The second-order valence-electron chi connectivity index (χ2n) is 5.35. The maximum Gasteiger partial charge on any atom is 0.126 e. The van der Waals surface area contributed by atoms with Gasteiger partial charge in [0, 0.05) is 13.1 Å². The molecule has 1 heterocycles. The van der Waals surface area contributed by atoms with Gasteiger partial charge in [-0.2, -0.15) is 0 Å². The molecule has 0 aliphatic heterocycles. The summed E-state index contributed by atoms with van der Waals surface area (Å²) in [5.41, 5.74) is 8.28. The Labute approximate surface area is 114 Å². The first-order chi connectivity index (χ1) is 9.02. The van der Waals surface area contributed by atoms with Gasteiger partial charge in [-0.3, -0.25) is 0 Å². The Hall–Kier alpha value is -1.55.